The van der Waals surface area contributed by atoms with Crippen LogP contribution >= 0.6 is 0 Å². The molecule has 7 heteroatoms. The van der Waals surface area contributed by atoms with Gasteiger partial charge in [0.1, 0.15) is 5.75 Å². The number of aromatic nitrogens is 1. The fourth-order valence-electron chi connectivity index (χ4n) is 2.62. The SMILES string of the molecule is CNC(=O)c1ccc(OC)c(NC(=O)N(C)Cc2cc(C)cc(C)n2)c1. The summed E-state index contributed by atoms with van der Waals surface area (Å²) in [4.78, 5) is 30.3. The molecule has 2 aromatic rings. The van der Waals surface area contributed by atoms with Crippen LogP contribution in [-0.2, 0) is 6.54 Å². The first kappa shape index (κ1) is 19.2. The van der Waals surface area contributed by atoms with Crippen LogP contribution in [-0.4, -0.2) is 43.0 Å². The van der Waals surface area contributed by atoms with Crippen LogP contribution in [0.15, 0.2) is 30.3 Å². The van der Waals surface area contributed by atoms with E-state index in [2.05, 4.69) is 15.6 Å². The smallest absolute Gasteiger partial charge is 0.322 e. The number of anilines is 1. The molecule has 0 aliphatic carbocycles. The second-order valence-corrected chi connectivity index (χ2v) is 6.06. The number of aryl methyl sites for hydroxylation is 2. The monoisotopic (exact) mass is 356 g/mol. The molecule has 2 N–H and O–H groups in total. The van der Waals surface area contributed by atoms with Crippen molar-refractivity contribution in [1.29, 1.82) is 0 Å². The van der Waals surface area contributed by atoms with E-state index in [0.29, 0.717) is 23.5 Å². The van der Waals surface area contributed by atoms with Crippen molar-refractivity contribution in [2.75, 3.05) is 26.5 Å². The molecule has 1 aromatic heterocycles. The summed E-state index contributed by atoms with van der Waals surface area (Å²) in [5.41, 5.74) is 3.68. The molecule has 1 aromatic carbocycles. The summed E-state index contributed by atoms with van der Waals surface area (Å²) >= 11 is 0. The van der Waals surface area contributed by atoms with Gasteiger partial charge in [0.25, 0.3) is 5.91 Å². The van der Waals surface area contributed by atoms with Gasteiger partial charge in [-0.15, -0.1) is 0 Å². The maximum Gasteiger partial charge on any atom is 0.322 e. The van der Waals surface area contributed by atoms with Gasteiger partial charge in [-0.2, -0.15) is 0 Å². The van der Waals surface area contributed by atoms with E-state index >= 15 is 0 Å². The Balaban J connectivity index is 2.16. The number of hydrogen-bond acceptors (Lipinski definition) is 4. The molecule has 3 amide bonds. The Labute approximate surface area is 153 Å². The second-order valence-electron chi connectivity index (χ2n) is 6.06. The quantitative estimate of drug-likeness (QED) is 0.863. The normalized spacial score (nSPS) is 10.2. The van der Waals surface area contributed by atoms with Gasteiger partial charge in [-0.05, 0) is 49.7 Å². The highest BCUT2D eigenvalue weighted by molar-refractivity contribution is 5.97. The van der Waals surface area contributed by atoms with Crippen LogP contribution in [0.1, 0.15) is 27.3 Å². The molecule has 2 rings (SSSR count). The van der Waals surface area contributed by atoms with E-state index in [-0.39, 0.29) is 11.9 Å². The maximum absolute atomic E-state index is 12.5. The summed E-state index contributed by atoms with van der Waals surface area (Å²) in [7, 11) is 4.74. The topological polar surface area (TPSA) is 83.6 Å². The minimum Gasteiger partial charge on any atom is -0.495 e. The van der Waals surface area contributed by atoms with Crippen LogP contribution in [0.25, 0.3) is 0 Å². The number of carbonyl (C=O) groups excluding carboxylic acids is 2. The van der Waals surface area contributed by atoms with E-state index in [0.717, 1.165) is 17.0 Å². The highest BCUT2D eigenvalue weighted by Gasteiger charge is 2.15. The molecule has 0 saturated heterocycles. The van der Waals surface area contributed by atoms with E-state index in [9.17, 15) is 9.59 Å². The molecule has 0 bridgehead atoms. The molecule has 0 radical (unpaired) electrons. The molecule has 0 aliphatic rings. The average Bonchev–Trinajstić information content (AvgIpc) is 2.59. The Morgan fingerprint density at radius 3 is 2.54 bits per heavy atom. The van der Waals surface area contributed by atoms with Crippen LogP contribution in [0.4, 0.5) is 10.5 Å². The van der Waals surface area contributed by atoms with E-state index in [1.165, 1.54) is 12.0 Å². The number of nitrogens with zero attached hydrogens (tertiary/aromatic N) is 2. The number of pyridine rings is 1. The average molecular weight is 356 g/mol. The van der Waals surface area contributed by atoms with Crippen molar-refractivity contribution in [3.63, 3.8) is 0 Å². The highest BCUT2D eigenvalue weighted by atomic mass is 16.5. The lowest BCUT2D eigenvalue weighted by molar-refractivity contribution is 0.0963. The summed E-state index contributed by atoms with van der Waals surface area (Å²) in [6.07, 6.45) is 0. The first-order valence-corrected chi connectivity index (χ1v) is 8.20. The van der Waals surface area contributed by atoms with Crippen molar-refractivity contribution in [3.05, 3.63) is 52.8 Å². The predicted octanol–water partition coefficient (Wildman–Crippen LogP) is 2.73. The number of ether oxygens (including phenoxy) is 1. The molecule has 7 nitrogen and oxygen atoms in total. The molecule has 0 aliphatic heterocycles. The number of benzene rings is 1. The summed E-state index contributed by atoms with van der Waals surface area (Å²) < 4.78 is 5.27. The lowest BCUT2D eigenvalue weighted by Gasteiger charge is -2.19. The van der Waals surface area contributed by atoms with Gasteiger partial charge in [-0.1, -0.05) is 0 Å². The molecule has 0 atom stereocenters. The van der Waals surface area contributed by atoms with Gasteiger partial charge in [0.2, 0.25) is 0 Å². The van der Waals surface area contributed by atoms with Crippen molar-refractivity contribution < 1.29 is 14.3 Å². The van der Waals surface area contributed by atoms with Gasteiger partial charge in [0, 0.05) is 25.4 Å². The second kappa shape index (κ2) is 8.33. The third-order valence-corrected chi connectivity index (χ3v) is 3.83. The summed E-state index contributed by atoms with van der Waals surface area (Å²) in [6, 6.07) is 8.47. The van der Waals surface area contributed by atoms with Gasteiger partial charge in [0.05, 0.1) is 25.0 Å². The van der Waals surface area contributed by atoms with Crippen molar-refractivity contribution in [2.45, 2.75) is 20.4 Å². The van der Waals surface area contributed by atoms with E-state index < -0.39 is 0 Å². The number of nitrogens with one attached hydrogen (secondary N) is 2. The molecule has 0 fully saturated rings. The lowest BCUT2D eigenvalue weighted by atomic mass is 10.1. The van der Waals surface area contributed by atoms with E-state index in [1.807, 2.05) is 26.0 Å². The Kier molecular flexibility index (Phi) is 6.16. The lowest BCUT2D eigenvalue weighted by Crippen LogP contribution is -2.31. The highest BCUT2D eigenvalue weighted by Crippen LogP contribution is 2.26. The largest absolute Gasteiger partial charge is 0.495 e. The van der Waals surface area contributed by atoms with Crippen molar-refractivity contribution >= 4 is 17.6 Å². The van der Waals surface area contributed by atoms with Crippen LogP contribution in [0.3, 0.4) is 0 Å². The van der Waals surface area contributed by atoms with Crippen LogP contribution in [0.5, 0.6) is 5.75 Å². The molecule has 138 valence electrons. The molecule has 26 heavy (non-hydrogen) atoms. The minimum atomic E-state index is -0.321. The third kappa shape index (κ3) is 4.72. The molecular weight excluding hydrogens is 332 g/mol. The molecule has 1 heterocycles. The molecule has 0 saturated carbocycles. The number of urea groups is 1. The third-order valence-electron chi connectivity index (χ3n) is 3.83. The number of amides is 3. The number of carbonyl (C=O) groups is 2. The van der Waals surface area contributed by atoms with Gasteiger partial charge in [0.15, 0.2) is 0 Å². The first-order valence-electron chi connectivity index (χ1n) is 8.20. The predicted molar refractivity (Wildman–Crippen MR) is 101 cm³/mol. The van der Waals surface area contributed by atoms with Crippen molar-refractivity contribution in [1.82, 2.24) is 15.2 Å². The van der Waals surface area contributed by atoms with Gasteiger partial charge in [-0.25, -0.2) is 4.79 Å². The Morgan fingerprint density at radius 2 is 1.92 bits per heavy atom. The minimum absolute atomic E-state index is 0.240. The Morgan fingerprint density at radius 1 is 1.19 bits per heavy atom. The standard InChI is InChI=1S/C19H24N4O3/c1-12-8-13(2)21-15(9-12)11-23(4)19(25)22-16-10-14(18(24)20-3)6-7-17(16)26-5/h6-10H,11H2,1-5H3,(H,20,24)(H,22,25). The van der Waals surface area contributed by atoms with Crippen LogP contribution in [0, 0.1) is 13.8 Å². The van der Waals surface area contributed by atoms with Crippen molar-refractivity contribution in [3.8, 4) is 5.75 Å². The Hall–Kier alpha value is -3.09. The number of rotatable bonds is 5. The van der Waals surface area contributed by atoms with Crippen molar-refractivity contribution in [2.24, 2.45) is 0 Å². The first-order chi connectivity index (χ1) is 12.3. The van der Waals surface area contributed by atoms with E-state index in [1.54, 1.807) is 32.3 Å². The molecular formula is C19H24N4O3. The Bertz CT molecular complexity index is 800. The van der Waals surface area contributed by atoms with Crippen LogP contribution < -0.4 is 15.4 Å². The zero-order valence-electron chi connectivity index (χ0n) is 15.7. The summed E-state index contributed by atoms with van der Waals surface area (Å²) in [6.45, 7) is 4.28. The van der Waals surface area contributed by atoms with Gasteiger partial charge >= 0.3 is 6.03 Å². The fourth-order valence-corrected chi connectivity index (χ4v) is 2.62. The maximum atomic E-state index is 12.5. The number of hydrogen-bond donors (Lipinski definition) is 2. The zero-order chi connectivity index (χ0) is 19.3. The fraction of sp³-hybridized carbons (Fsp3) is 0.316. The summed E-state index contributed by atoms with van der Waals surface area (Å²) in [5.74, 6) is 0.236. The van der Waals surface area contributed by atoms with Gasteiger partial charge in [-0.3, -0.25) is 9.78 Å². The van der Waals surface area contributed by atoms with E-state index in [4.69, 9.17) is 4.74 Å². The molecule has 0 spiro atoms. The zero-order valence-corrected chi connectivity index (χ0v) is 15.7. The number of methoxy groups -OCH3 is 1. The summed E-state index contributed by atoms with van der Waals surface area (Å²) in [5, 5.41) is 5.34. The molecule has 0 unspecified atom stereocenters. The van der Waals surface area contributed by atoms with Crippen LogP contribution in [0.2, 0.25) is 0 Å². The van der Waals surface area contributed by atoms with Gasteiger partial charge < -0.3 is 20.3 Å².